The van der Waals surface area contributed by atoms with Crippen molar-refractivity contribution in [2.75, 3.05) is 31.9 Å². The zero-order valence-electron chi connectivity index (χ0n) is 7.81. The van der Waals surface area contributed by atoms with E-state index >= 15 is 0 Å². The minimum Gasteiger partial charge on any atom is -0.302 e. The molecule has 2 aliphatic rings. The minimum atomic E-state index is 0.439. The summed E-state index contributed by atoms with van der Waals surface area (Å²) >= 11 is 2.14. The molecule has 1 spiro atoms. The third-order valence-electron chi connectivity index (χ3n) is 2.90. The van der Waals surface area contributed by atoms with Crippen LogP contribution in [0.1, 0.15) is 19.8 Å². The van der Waals surface area contributed by atoms with E-state index in [-0.39, 0.29) is 0 Å². The summed E-state index contributed by atoms with van der Waals surface area (Å²) in [6.45, 7) is 7.24. The molecule has 0 saturated carbocycles. The number of hydrogen-bond acceptors (Lipinski definition) is 3. The van der Waals surface area contributed by atoms with Crippen molar-refractivity contribution in [3.63, 3.8) is 0 Å². The van der Waals surface area contributed by atoms with Crippen molar-refractivity contribution in [1.29, 1.82) is 0 Å². The molecule has 0 aromatic carbocycles. The van der Waals surface area contributed by atoms with Crippen LogP contribution in [0, 0.1) is 0 Å². The lowest BCUT2D eigenvalue weighted by Gasteiger charge is -2.34. The first-order valence-electron chi connectivity index (χ1n) is 4.96. The molecule has 0 radical (unpaired) electrons. The fourth-order valence-electron chi connectivity index (χ4n) is 2.10. The van der Waals surface area contributed by atoms with Crippen LogP contribution in [0.15, 0.2) is 0 Å². The van der Waals surface area contributed by atoms with Crippen LogP contribution < -0.4 is 5.32 Å². The van der Waals surface area contributed by atoms with Gasteiger partial charge in [-0.2, -0.15) is 0 Å². The molecule has 2 saturated heterocycles. The van der Waals surface area contributed by atoms with E-state index in [1.807, 2.05) is 0 Å². The van der Waals surface area contributed by atoms with Gasteiger partial charge in [-0.3, -0.25) is 0 Å². The third-order valence-corrected chi connectivity index (χ3v) is 4.43. The molecule has 70 valence electrons. The molecule has 2 nitrogen and oxygen atoms in total. The maximum atomic E-state index is 3.68. The lowest BCUT2D eigenvalue weighted by Crippen LogP contribution is -2.48. The second-order valence-electron chi connectivity index (χ2n) is 3.74. The van der Waals surface area contributed by atoms with E-state index in [4.69, 9.17) is 0 Å². The summed E-state index contributed by atoms with van der Waals surface area (Å²) in [5.74, 6) is 1.35. The number of thioether (sulfide) groups is 1. The van der Waals surface area contributed by atoms with Crippen LogP contribution in [0.2, 0.25) is 0 Å². The molecule has 12 heavy (non-hydrogen) atoms. The zero-order chi connectivity index (χ0) is 8.44. The topological polar surface area (TPSA) is 15.3 Å². The Labute approximate surface area is 79.1 Å². The predicted octanol–water partition coefficient (Wildman–Crippen LogP) is 1.13. The van der Waals surface area contributed by atoms with E-state index in [9.17, 15) is 0 Å². The van der Waals surface area contributed by atoms with E-state index in [0.717, 1.165) is 0 Å². The van der Waals surface area contributed by atoms with Gasteiger partial charge in [0.15, 0.2) is 0 Å². The molecule has 2 heterocycles. The SMILES string of the molecule is CCN1CCC2(C1)NCCCS2. The number of nitrogens with one attached hydrogen (secondary N) is 1. The lowest BCUT2D eigenvalue weighted by molar-refractivity contribution is 0.336. The monoisotopic (exact) mass is 186 g/mol. The van der Waals surface area contributed by atoms with Gasteiger partial charge in [0.1, 0.15) is 0 Å². The van der Waals surface area contributed by atoms with E-state index in [2.05, 4.69) is 28.9 Å². The van der Waals surface area contributed by atoms with Gasteiger partial charge in [0, 0.05) is 13.1 Å². The third kappa shape index (κ3) is 1.63. The average molecular weight is 186 g/mol. The van der Waals surface area contributed by atoms with E-state index in [1.54, 1.807) is 0 Å². The number of likely N-dealkylation sites (N-methyl/N-ethyl adjacent to an activating group) is 1. The van der Waals surface area contributed by atoms with E-state index in [0.29, 0.717) is 4.87 Å². The van der Waals surface area contributed by atoms with Crippen molar-refractivity contribution in [3.05, 3.63) is 0 Å². The minimum absolute atomic E-state index is 0.439. The Morgan fingerprint density at radius 3 is 3.08 bits per heavy atom. The van der Waals surface area contributed by atoms with Gasteiger partial charge in [-0.15, -0.1) is 11.8 Å². The smallest absolute Gasteiger partial charge is 0.0785 e. The van der Waals surface area contributed by atoms with Crippen molar-refractivity contribution < 1.29 is 0 Å². The van der Waals surface area contributed by atoms with Crippen molar-refractivity contribution in [2.45, 2.75) is 24.6 Å². The Balaban J connectivity index is 1.94. The summed E-state index contributed by atoms with van der Waals surface area (Å²) in [5.41, 5.74) is 0. The fourth-order valence-corrected chi connectivity index (χ4v) is 3.49. The molecule has 0 aliphatic carbocycles. The highest BCUT2D eigenvalue weighted by Crippen LogP contribution is 2.35. The highest BCUT2D eigenvalue weighted by molar-refractivity contribution is 8.00. The highest BCUT2D eigenvalue weighted by atomic mass is 32.2. The first-order valence-corrected chi connectivity index (χ1v) is 5.94. The molecule has 0 bridgehead atoms. The largest absolute Gasteiger partial charge is 0.302 e. The van der Waals surface area contributed by atoms with E-state index < -0.39 is 0 Å². The molecule has 1 N–H and O–H groups in total. The predicted molar refractivity (Wildman–Crippen MR) is 54.5 cm³/mol. The molecule has 3 heteroatoms. The Bertz CT molecular complexity index is 155. The molecule has 0 amide bonds. The van der Waals surface area contributed by atoms with Gasteiger partial charge in [-0.05, 0) is 31.7 Å². The molecule has 2 fully saturated rings. The second-order valence-corrected chi connectivity index (χ2v) is 5.22. The van der Waals surface area contributed by atoms with Crippen LogP contribution in [0.4, 0.5) is 0 Å². The zero-order valence-corrected chi connectivity index (χ0v) is 8.62. The van der Waals surface area contributed by atoms with Crippen molar-refractivity contribution >= 4 is 11.8 Å². The lowest BCUT2D eigenvalue weighted by atomic mass is 10.2. The van der Waals surface area contributed by atoms with Gasteiger partial charge >= 0.3 is 0 Å². The number of nitrogens with zero attached hydrogens (tertiary/aromatic N) is 1. The van der Waals surface area contributed by atoms with E-state index in [1.165, 1.54) is 44.8 Å². The van der Waals surface area contributed by atoms with Gasteiger partial charge in [0.05, 0.1) is 4.87 Å². The summed E-state index contributed by atoms with van der Waals surface area (Å²) in [7, 11) is 0. The molecular weight excluding hydrogens is 168 g/mol. The summed E-state index contributed by atoms with van der Waals surface area (Å²) < 4.78 is 0. The second kappa shape index (κ2) is 3.56. The first-order chi connectivity index (χ1) is 5.85. The molecule has 1 unspecified atom stereocenters. The molecule has 0 aromatic rings. The summed E-state index contributed by atoms with van der Waals surface area (Å²) in [6.07, 6.45) is 2.68. The van der Waals surface area contributed by atoms with Crippen molar-refractivity contribution in [3.8, 4) is 0 Å². The number of hydrogen-bond donors (Lipinski definition) is 1. The normalized spacial score (nSPS) is 37.8. The van der Waals surface area contributed by atoms with Gasteiger partial charge in [-0.1, -0.05) is 6.92 Å². The molecule has 2 rings (SSSR count). The Kier molecular flexibility index (Phi) is 2.63. The molecule has 2 aliphatic heterocycles. The molecular formula is C9H18N2S. The maximum Gasteiger partial charge on any atom is 0.0785 e. The summed E-state index contributed by atoms with van der Waals surface area (Å²) in [6, 6.07) is 0. The van der Waals surface area contributed by atoms with Crippen LogP contribution in [0.3, 0.4) is 0 Å². The Hall–Kier alpha value is 0.270. The van der Waals surface area contributed by atoms with Gasteiger partial charge in [-0.25, -0.2) is 0 Å². The summed E-state index contributed by atoms with van der Waals surface area (Å²) in [5, 5.41) is 3.68. The highest BCUT2D eigenvalue weighted by Gasteiger charge is 2.38. The van der Waals surface area contributed by atoms with Crippen LogP contribution >= 0.6 is 11.8 Å². The quantitative estimate of drug-likeness (QED) is 0.661. The van der Waals surface area contributed by atoms with Gasteiger partial charge < -0.3 is 10.2 Å². The summed E-state index contributed by atoms with van der Waals surface area (Å²) in [4.78, 5) is 2.99. The molecule has 1 atom stereocenters. The average Bonchev–Trinajstić information content (AvgIpc) is 2.50. The van der Waals surface area contributed by atoms with Crippen LogP contribution in [0.5, 0.6) is 0 Å². The fraction of sp³-hybridized carbons (Fsp3) is 1.00. The van der Waals surface area contributed by atoms with Crippen LogP contribution in [0.25, 0.3) is 0 Å². The molecule has 0 aromatic heterocycles. The van der Waals surface area contributed by atoms with Gasteiger partial charge in [0.2, 0.25) is 0 Å². The van der Waals surface area contributed by atoms with Gasteiger partial charge in [0.25, 0.3) is 0 Å². The number of likely N-dealkylation sites (tertiary alicyclic amines) is 1. The van der Waals surface area contributed by atoms with Crippen LogP contribution in [-0.4, -0.2) is 41.7 Å². The number of rotatable bonds is 1. The van der Waals surface area contributed by atoms with Crippen LogP contribution in [-0.2, 0) is 0 Å². The van der Waals surface area contributed by atoms with Crippen molar-refractivity contribution in [1.82, 2.24) is 10.2 Å². The first kappa shape index (κ1) is 8.85. The Morgan fingerprint density at radius 2 is 2.50 bits per heavy atom. The maximum absolute atomic E-state index is 3.68. The standard InChI is InChI=1S/C9H18N2S/c1-2-11-6-4-9(8-11)10-5-3-7-12-9/h10H,2-8H2,1H3. The van der Waals surface area contributed by atoms with Crippen molar-refractivity contribution in [2.24, 2.45) is 0 Å². The Morgan fingerprint density at radius 1 is 1.58 bits per heavy atom.